The highest BCUT2D eigenvalue weighted by Gasteiger charge is 2.19. The zero-order chi connectivity index (χ0) is 20.7. The molecule has 1 heterocycles. The van der Waals surface area contributed by atoms with Gasteiger partial charge in [0.25, 0.3) is 0 Å². The Kier molecular flexibility index (Phi) is 6.22. The molecule has 0 radical (unpaired) electrons. The Hall–Kier alpha value is -3.70. The first kappa shape index (κ1) is 20.0. The molecule has 0 unspecified atom stereocenters. The zero-order valence-corrected chi connectivity index (χ0v) is 16.5. The Morgan fingerprint density at radius 3 is 2.41 bits per heavy atom. The molecule has 1 aromatic heterocycles. The van der Waals surface area contributed by atoms with Gasteiger partial charge in [-0.1, -0.05) is 30.3 Å². The summed E-state index contributed by atoms with van der Waals surface area (Å²) in [7, 11) is -3.58. The second-order valence-corrected chi connectivity index (χ2v) is 8.09. The molecule has 29 heavy (non-hydrogen) atoms. The highest BCUT2D eigenvalue weighted by molar-refractivity contribution is 7.91. The van der Waals surface area contributed by atoms with Crippen LogP contribution in [0.4, 0.5) is 5.69 Å². The largest absolute Gasteiger partial charge is 0.325 e. The van der Waals surface area contributed by atoms with Gasteiger partial charge in [-0.25, -0.2) is 13.4 Å². The summed E-state index contributed by atoms with van der Waals surface area (Å²) in [5.74, 6) is 0.287. The Bertz CT molecular complexity index is 1150. The van der Waals surface area contributed by atoms with Crippen LogP contribution >= 0.6 is 0 Å². The number of aryl methyl sites for hydroxylation is 1. The van der Waals surface area contributed by atoms with Gasteiger partial charge in [0.05, 0.1) is 16.3 Å². The number of nitrogens with one attached hydrogen (secondary N) is 2. The van der Waals surface area contributed by atoms with E-state index < -0.39 is 9.84 Å². The minimum Gasteiger partial charge on any atom is -0.325 e. The van der Waals surface area contributed by atoms with Crippen molar-refractivity contribution < 1.29 is 8.42 Å². The van der Waals surface area contributed by atoms with Gasteiger partial charge < -0.3 is 5.32 Å². The van der Waals surface area contributed by atoms with E-state index in [2.05, 4.69) is 20.6 Å². The van der Waals surface area contributed by atoms with Crippen molar-refractivity contribution in [1.29, 1.82) is 5.26 Å². The fourth-order valence-corrected chi connectivity index (χ4v) is 4.16. The first-order valence-electron chi connectivity index (χ1n) is 8.77. The van der Waals surface area contributed by atoms with Crippen LogP contribution in [0.15, 0.2) is 87.8 Å². The van der Waals surface area contributed by atoms with Gasteiger partial charge in [-0.2, -0.15) is 5.26 Å². The third-order valence-corrected chi connectivity index (χ3v) is 6.08. The maximum Gasteiger partial charge on any atom is 0.209 e. The fourth-order valence-electron chi connectivity index (χ4n) is 2.66. The molecule has 3 rings (SSSR count). The van der Waals surface area contributed by atoms with E-state index in [1.807, 2.05) is 12.3 Å². The molecule has 2 aromatic carbocycles. The molecule has 0 aliphatic rings. The van der Waals surface area contributed by atoms with Crippen LogP contribution in [0.3, 0.4) is 0 Å². The van der Waals surface area contributed by atoms with E-state index in [-0.39, 0.29) is 17.4 Å². The maximum absolute atomic E-state index is 12.8. The van der Waals surface area contributed by atoms with Crippen molar-refractivity contribution in [3.05, 3.63) is 84.2 Å². The van der Waals surface area contributed by atoms with Crippen LogP contribution in [0.1, 0.15) is 11.1 Å². The van der Waals surface area contributed by atoms with E-state index in [1.54, 1.807) is 73.9 Å². The molecule has 0 spiro atoms. The lowest BCUT2D eigenvalue weighted by molar-refractivity contribution is 0.595. The summed E-state index contributed by atoms with van der Waals surface area (Å²) in [4.78, 5) is 8.80. The SMILES string of the molecule is Cc1ccccc1S(=O)(=O)c1ccc(CN=C(NC#N)Nc2ccncc2)cc1. The Balaban J connectivity index is 1.77. The van der Waals surface area contributed by atoms with Crippen molar-refractivity contribution in [3.63, 3.8) is 0 Å². The Morgan fingerprint density at radius 2 is 1.76 bits per heavy atom. The lowest BCUT2D eigenvalue weighted by atomic mass is 10.2. The van der Waals surface area contributed by atoms with Crippen molar-refractivity contribution in [3.8, 4) is 6.19 Å². The molecular weight excluding hydrogens is 386 g/mol. The average Bonchev–Trinajstić information content (AvgIpc) is 2.73. The number of anilines is 1. The maximum atomic E-state index is 12.8. The zero-order valence-electron chi connectivity index (χ0n) is 15.7. The van der Waals surface area contributed by atoms with Gasteiger partial charge in [0.2, 0.25) is 15.8 Å². The second kappa shape index (κ2) is 8.99. The van der Waals surface area contributed by atoms with Crippen molar-refractivity contribution in [2.45, 2.75) is 23.3 Å². The van der Waals surface area contributed by atoms with E-state index in [9.17, 15) is 8.42 Å². The lowest BCUT2D eigenvalue weighted by Gasteiger charge is -2.09. The van der Waals surface area contributed by atoms with E-state index >= 15 is 0 Å². The summed E-state index contributed by atoms with van der Waals surface area (Å²) in [6.07, 6.45) is 5.09. The molecule has 0 saturated heterocycles. The smallest absolute Gasteiger partial charge is 0.209 e. The van der Waals surface area contributed by atoms with E-state index in [1.165, 1.54) is 0 Å². The predicted octanol–water partition coefficient (Wildman–Crippen LogP) is 3.26. The van der Waals surface area contributed by atoms with Gasteiger partial charge in [-0.05, 0) is 48.4 Å². The summed E-state index contributed by atoms with van der Waals surface area (Å²) < 4.78 is 25.7. The van der Waals surface area contributed by atoms with E-state index in [4.69, 9.17) is 5.26 Å². The molecule has 0 aliphatic heterocycles. The molecule has 8 heteroatoms. The van der Waals surface area contributed by atoms with E-state index in [0.717, 1.165) is 11.3 Å². The normalized spacial score (nSPS) is 11.5. The molecule has 146 valence electrons. The van der Waals surface area contributed by atoms with Crippen molar-refractivity contribution in [1.82, 2.24) is 10.3 Å². The monoisotopic (exact) mass is 405 g/mol. The van der Waals surface area contributed by atoms with Crippen molar-refractivity contribution in [2.75, 3.05) is 5.32 Å². The number of aromatic nitrogens is 1. The number of sulfone groups is 1. The third-order valence-electron chi connectivity index (χ3n) is 4.15. The van der Waals surface area contributed by atoms with Crippen LogP contribution in [-0.4, -0.2) is 19.4 Å². The molecule has 0 fully saturated rings. The number of hydrogen-bond donors (Lipinski definition) is 2. The quantitative estimate of drug-likeness (QED) is 0.292. The van der Waals surface area contributed by atoms with Crippen molar-refractivity contribution in [2.24, 2.45) is 4.99 Å². The molecular formula is C21H19N5O2S. The summed E-state index contributed by atoms with van der Waals surface area (Å²) >= 11 is 0. The Morgan fingerprint density at radius 1 is 1.07 bits per heavy atom. The van der Waals surface area contributed by atoms with Crippen molar-refractivity contribution >= 4 is 21.5 Å². The van der Waals surface area contributed by atoms with Gasteiger partial charge in [0.15, 0.2) is 6.19 Å². The number of nitrogens with zero attached hydrogens (tertiary/aromatic N) is 3. The number of aliphatic imine (C=N–C) groups is 1. The molecule has 0 saturated carbocycles. The van der Waals surface area contributed by atoms with Crippen LogP contribution in [0, 0.1) is 18.4 Å². The number of guanidine groups is 1. The summed E-state index contributed by atoms with van der Waals surface area (Å²) in [6.45, 7) is 2.04. The van der Waals surface area contributed by atoms with Gasteiger partial charge in [0.1, 0.15) is 0 Å². The highest BCUT2D eigenvalue weighted by atomic mass is 32.2. The summed E-state index contributed by atoms with van der Waals surface area (Å²) in [5, 5.41) is 14.4. The third kappa shape index (κ3) is 4.97. The number of hydrogen-bond acceptors (Lipinski definition) is 5. The first-order chi connectivity index (χ1) is 14.0. The molecule has 0 amide bonds. The molecule has 7 nitrogen and oxygen atoms in total. The number of pyridine rings is 1. The van der Waals surface area contributed by atoms with Crippen LogP contribution in [0.5, 0.6) is 0 Å². The summed E-state index contributed by atoms with van der Waals surface area (Å²) in [6, 6.07) is 17.0. The number of nitriles is 1. The highest BCUT2D eigenvalue weighted by Crippen LogP contribution is 2.24. The molecule has 0 atom stereocenters. The average molecular weight is 405 g/mol. The number of benzene rings is 2. The predicted molar refractivity (Wildman–Crippen MR) is 111 cm³/mol. The minimum absolute atomic E-state index is 0.227. The Labute approximate surface area is 169 Å². The molecule has 0 aliphatic carbocycles. The van der Waals surface area contributed by atoms with Crippen LogP contribution in [0.2, 0.25) is 0 Å². The van der Waals surface area contributed by atoms with Crippen LogP contribution in [-0.2, 0) is 16.4 Å². The topological polar surface area (TPSA) is 107 Å². The van der Waals surface area contributed by atoms with Gasteiger partial charge in [-0.3, -0.25) is 10.3 Å². The van der Waals surface area contributed by atoms with E-state index in [0.29, 0.717) is 10.5 Å². The molecule has 0 bridgehead atoms. The molecule has 2 N–H and O–H groups in total. The summed E-state index contributed by atoms with van der Waals surface area (Å²) in [5.41, 5.74) is 2.25. The van der Waals surface area contributed by atoms with Gasteiger partial charge >= 0.3 is 0 Å². The second-order valence-electron chi connectivity index (χ2n) is 6.18. The number of rotatable bonds is 5. The standard InChI is InChI=1S/C21H19N5O2S/c1-16-4-2-3-5-20(16)29(27,28)19-8-6-17(7-9-19)14-24-21(25-15-22)26-18-10-12-23-13-11-18/h2-13H,14H2,1H3,(H2,23,24,25,26). The molecule has 3 aromatic rings. The minimum atomic E-state index is -3.58. The fraction of sp³-hybridized carbons (Fsp3) is 0.0952. The lowest BCUT2D eigenvalue weighted by Crippen LogP contribution is -2.26. The van der Waals surface area contributed by atoms with Gasteiger partial charge in [0, 0.05) is 18.1 Å². The van der Waals surface area contributed by atoms with Crippen LogP contribution in [0.25, 0.3) is 0 Å². The van der Waals surface area contributed by atoms with Gasteiger partial charge in [-0.15, -0.1) is 0 Å². The van der Waals surface area contributed by atoms with Crippen LogP contribution < -0.4 is 10.6 Å². The first-order valence-corrected chi connectivity index (χ1v) is 10.3.